The van der Waals surface area contributed by atoms with Gasteiger partial charge in [-0.25, -0.2) is 0 Å². The lowest BCUT2D eigenvalue weighted by molar-refractivity contribution is 0.223. The van der Waals surface area contributed by atoms with Gasteiger partial charge in [-0.1, -0.05) is 0 Å². The third-order valence-corrected chi connectivity index (χ3v) is 1.15. The summed E-state index contributed by atoms with van der Waals surface area (Å²) < 4.78 is 5.01. The Bertz CT molecular complexity index is 225. The van der Waals surface area contributed by atoms with Gasteiger partial charge in [-0.3, -0.25) is 0 Å². The molecular formula is C7H10N2O3. The fourth-order valence-corrected chi connectivity index (χ4v) is 0.612. The number of aromatic nitrogens is 2. The third-order valence-electron chi connectivity index (χ3n) is 1.15. The first-order valence-corrected chi connectivity index (χ1v) is 3.57. The fourth-order valence-electron chi connectivity index (χ4n) is 0.612. The van der Waals surface area contributed by atoms with Crippen LogP contribution in [0.5, 0.6) is 11.8 Å². The maximum Gasteiger partial charge on any atom is 0.316 e. The summed E-state index contributed by atoms with van der Waals surface area (Å²) in [5.41, 5.74) is 0. The zero-order chi connectivity index (χ0) is 8.81. The van der Waals surface area contributed by atoms with Crippen molar-refractivity contribution in [1.82, 2.24) is 9.97 Å². The van der Waals surface area contributed by atoms with E-state index in [2.05, 4.69) is 9.97 Å². The van der Waals surface area contributed by atoms with Crippen molar-refractivity contribution >= 4 is 0 Å². The van der Waals surface area contributed by atoms with E-state index in [0.29, 0.717) is 13.0 Å². The highest BCUT2D eigenvalue weighted by molar-refractivity contribution is 5.11. The maximum absolute atomic E-state index is 8.81. The average molecular weight is 170 g/mol. The number of ether oxygens (including phenoxy) is 1. The molecule has 0 saturated heterocycles. The van der Waals surface area contributed by atoms with Gasteiger partial charge in [0.2, 0.25) is 0 Å². The Morgan fingerprint density at radius 1 is 1.33 bits per heavy atom. The summed E-state index contributed by atoms with van der Waals surface area (Å²) in [5, 5.41) is 17.2. The molecule has 0 aliphatic carbocycles. The smallest absolute Gasteiger partial charge is 0.316 e. The molecule has 0 bridgehead atoms. The third kappa shape index (κ3) is 2.71. The number of aliphatic hydroxyl groups excluding tert-OH is 1. The van der Waals surface area contributed by atoms with Crippen LogP contribution in [0.2, 0.25) is 0 Å². The highest BCUT2D eigenvalue weighted by Gasteiger charge is 1.95. The lowest BCUT2D eigenvalue weighted by atomic mass is 10.5. The van der Waals surface area contributed by atoms with E-state index in [0.717, 1.165) is 0 Å². The SMILES string of the molecule is OCCCOc1ncc(O)cn1. The van der Waals surface area contributed by atoms with Gasteiger partial charge in [-0.2, -0.15) is 9.97 Å². The Morgan fingerprint density at radius 2 is 2.00 bits per heavy atom. The molecule has 5 heteroatoms. The number of aliphatic hydroxyl groups is 1. The quantitative estimate of drug-likeness (QED) is 0.619. The van der Waals surface area contributed by atoms with Crippen molar-refractivity contribution in [2.75, 3.05) is 13.2 Å². The van der Waals surface area contributed by atoms with Crippen LogP contribution in [0.4, 0.5) is 0 Å². The second-order valence-electron chi connectivity index (χ2n) is 2.15. The second-order valence-corrected chi connectivity index (χ2v) is 2.15. The zero-order valence-electron chi connectivity index (χ0n) is 6.47. The summed E-state index contributed by atoms with van der Waals surface area (Å²) in [5.74, 6) is 0.00417. The Balaban J connectivity index is 2.37. The number of hydrogen-bond donors (Lipinski definition) is 2. The molecule has 0 radical (unpaired) electrons. The Hall–Kier alpha value is -1.36. The van der Waals surface area contributed by atoms with Crippen LogP contribution in [0.25, 0.3) is 0 Å². The summed E-state index contributed by atoms with van der Waals surface area (Å²) in [7, 11) is 0. The molecule has 0 spiro atoms. The molecule has 0 fully saturated rings. The minimum Gasteiger partial charge on any atom is -0.505 e. The molecule has 1 aromatic rings. The Kier molecular flexibility index (Phi) is 3.28. The van der Waals surface area contributed by atoms with Crippen molar-refractivity contribution in [3.8, 4) is 11.8 Å². The van der Waals surface area contributed by atoms with Crippen molar-refractivity contribution in [2.45, 2.75) is 6.42 Å². The van der Waals surface area contributed by atoms with Gasteiger partial charge in [0.15, 0.2) is 5.75 Å². The molecule has 0 amide bonds. The van der Waals surface area contributed by atoms with Crippen molar-refractivity contribution in [3.63, 3.8) is 0 Å². The fraction of sp³-hybridized carbons (Fsp3) is 0.429. The van der Waals surface area contributed by atoms with Crippen LogP contribution < -0.4 is 4.74 Å². The van der Waals surface area contributed by atoms with E-state index in [9.17, 15) is 0 Å². The van der Waals surface area contributed by atoms with E-state index >= 15 is 0 Å². The second kappa shape index (κ2) is 4.50. The van der Waals surface area contributed by atoms with E-state index in [1.165, 1.54) is 12.4 Å². The summed E-state index contributed by atoms with van der Waals surface area (Å²) in [6.45, 7) is 0.458. The molecule has 0 aliphatic heterocycles. The van der Waals surface area contributed by atoms with Crippen molar-refractivity contribution in [1.29, 1.82) is 0 Å². The molecule has 1 aromatic heterocycles. The predicted molar refractivity (Wildman–Crippen MR) is 40.9 cm³/mol. The first-order chi connectivity index (χ1) is 5.83. The number of nitrogens with zero attached hydrogens (tertiary/aromatic N) is 2. The average Bonchev–Trinajstić information content (AvgIpc) is 2.09. The standard InChI is InChI=1S/C7H10N2O3/c10-2-1-3-12-7-8-4-6(11)5-9-7/h4-5,10-11H,1-3H2. The molecule has 1 heterocycles. The van der Waals surface area contributed by atoms with E-state index in [1.54, 1.807) is 0 Å². The number of hydrogen-bond acceptors (Lipinski definition) is 5. The summed E-state index contributed by atoms with van der Waals surface area (Å²) in [6, 6.07) is 0.209. The van der Waals surface area contributed by atoms with Crippen LogP contribution in [0.1, 0.15) is 6.42 Å². The summed E-state index contributed by atoms with van der Waals surface area (Å²) >= 11 is 0. The van der Waals surface area contributed by atoms with Crippen molar-refractivity contribution in [2.24, 2.45) is 0 Å². The zero-order valence-corrected chi connectivity index (χ0v) is 6.47. The van der Waals surface area contributed by atoms with Gasteiger partial charge in [0.25, 0.3) is 0 Å². The van der Waals surface area contributed by atoms with Crippen LogP contribution in [0, 0.1) is 0 Å². The predicted octanol–water partition coefficient (Wildman–Crippen LogP) is -0.0566. The van der Waals surface area contributed by atoms with Crippen LogP contribution in [-0.2, 0) is 0 Å². The largest absolute Gasteiger partial charge is 0.505 e. The molecule has 0 aliphatic rings. The molecule has 12 heavy (non-hydrogen) atoms. The summed E-state index contributed by atoms with van der Waals surface area (Å²) in [6.07, 6.45) is 3.05. The van der Waals surface area contributed by atoms with Gasteiger partial charge in [0, 0.05) is 13.0 Å². The monoisotopic (exact) mass is 170 g/mol. The van der Waals surface area contributed by atoms with Crippen molar-refractivity contribution in [3.05, 3.63) is 12.4 Å². The van der Waals surface area contributed by atoms with Gasteiger partial charge in [0.05, 0.1) is 19.0 Å². The highest BCUT2D eigenvalue weighted by atomic mass is 16.5. The molecule has 0 atom stereocenters. The minimum atomic E-state index is 0.00417. The normalized spacial score (nSPS) is 9.75. The van der Waals surface area contributed by atoms with Crippen LogP contribution >= 0.6 is 0 Å². The molecule has 0 saturated carbocycles. The number of aromatic hydroxyl groups is 1. The Labute approximate surface area is 69.7 Å². The van der Waals surface area contributed by atoms with Gasteiger partial charge < -0.3 is 14.9 Å². The van der Waals surface area contributed by atoms with E-state index in [-0.39, 0.29) is 18.4 Å². The van der Waals surface area contributed by atoms with Crippen LogP contribution in [0.15, 0.2) is 12.4 Å². The van der Waals surface area contributed by atoms with Gasteiger partial charge in [-0.05, 0) is 0 Å². The topological polar surface area (TPSA) is 75.5 Å². The molecule has 0 unspecified atom stereocenters. The van der Waals surface area contributed by atoms with Gasteiger partial charge >= 0.3 is 6.01 Å². The van der Waals surface area contributed by atoms with Crippen LogP contribution in [-0.4, -0.2) is 33.4 Å². The minimum absolute atomic E-state index is 0.00417. The molecule has 1 rings (SSSR count). The lowest BCUT2D eigenvalue weighted by Gasteiger charge is -2.01. The van der Waals surface area contributed by atoms with E-state index in [1.807, 2.05) is 0 Å². The summed E-state index contributed by atoms with van der Waals surface area (Å²) in [4.78, 5) is 7.37. The Morgan fingerprint density at radius 3 is 2.58 bits per heavy atom. The highest BCUT2D eigenvalue weighted by Crippen LogP contribution is 2.06. The van der Waals surface area contributed by atoms with Gasteiger partial charge in [0.1, 0.15) is 0 Å². The lowest BCUT2D eigenvalue weighted by Crippen LogP contribution is -2.02. The molecule has 2 N–H and O–H groups in total. The van der Waals surface area contributed by atoms with Gasteiger partial charge in [-0.15, -0.1) is 0 Å². The van der Waals surface area contributed by atoms with Crippen LogP contribution in [0.3, 0.4) is 0 Å². The first kappa shape index (κ1) is 8.73. The van der Waals surface area contributed by atoms with E-state index < -0.39 is 0 Å². The van der Waals surface area contributed by atoms with Crippen molar-refractivity contribution < 1.29 is 14.9 Å². The molecule has 5 nitrogen and oxygen atoms in total. The number of rotatable bonds is 4. The first-order valence-electron chi connectivity index (χ1n) is 3.57. The molecule has 66 valence electrons. The molecular weight excluding hydrogens is 160 g/mol. The van der Waals surface area contributed by atoms with E-state index in [4.69, 9.17) is 14.9 Å². The molecule has 0 aromatic carbocycles. The maximum atomic E-state index is 8.81.